The van der Waals surface area contributed by atoms with E-state index in [2.05, 4.69) is 4.98 Å². The lowest BCUT2D eigenvalue weighted by Crippen LogP contribution is -2.47. The second kappa shape index (κ2) is 7.68. The van der Waals surface area contributed by atoms with E-state index in [1.54, 1.807) is 23.0 Å². The van der Waals surface area contributed by atoms with Crippen LogP contribution in [0.25, 0.3) is 28.0 Å². The first-order valence-corrected chi connectivity index (χ1v) is 11.9. The molecule has 6 nitrogen and oxygen atoms in total. The van der Waals surface area contributed by atoms with E-state index < -0.39 is 38.4 Å². The summed E-state index contributed by atoms with van der Waals surface area (Å²) in [5, 5.41) is 9.78. The van der Waals surface area contributed by atoms with Crippen molar-refractivity contribution in [3.63, 3.8) is 0 Å². The summed E-state index contributed by atoms with van der Waals surface area (Å²) < 4.78 is 108. The highest BCUT2D eigenvalue weighted by Crippen LogP contribution is 2.50. The van der Waals surface area contributed by atoms with Crippen molar-refractivity contribution in [2.75, 3.05) is 0 Å². The van der Waals surface area contributed by atoms with Crippen LogP contribution in [0.5, 0.6) is 0 Å². The van der Waals surface area contributed by atoms with E-state index in [-0.39, 0.29) is 40.7 Å². The molecule has 5 rings (SSSR count). The number of nitriles is 1. The van der Waals surface area contributed by atoms with Gasteiger partial charge >= 0.3 is 12.4 Å². The predicted octanol–water partition coefficient (Wildman–Crippen LogP) is 5.38. The molecule has 0 radical (unpaired) electrons. The van der Waals surface area contributed by atoms with Gasteiger partial charge in [-0.2, -0.15) is 36.3 Å². The SMILES string of the molecule is N#Cc1c(-c2ccc(S(=O)(=O)NC3(C(F)(F)F)CC3)cc2)n(C2=CC=C2)c2ncc(C(F)(F)F)cc12. The van der Waals surface area contributed by atoms with E-state index in [1.165, 1.54) is 16.7 Å². The van der Waals surface area contributed by atoms with Gasteiger partial charge in [-0.05, 0) is 43.2 Å². The van der Waals surface area contributed by atoms with E-state index in [4.69, 9.17) is 0 Å². The Bertz CT molecular complexity index is 1600. The van der Waals surface area contributed by atoms with Gasteiger partial charge in [0.1, 0.15) is 17.3 Å². The smallest absolute Gasteiger partial charge is 0.293 e. The van der Waals surface area contributed by atoms with Crippen molar-refractivity contribution in [3.8, 4) is 17.3 Å². The molecule has 2 heterocycles. The minimum Gasteiger partial charge on any atom is -0.293 e. The zero-order valence-electron chi connectivity index (χ0n) is 17.9. The van der Waals surface area contributed by atoms with Gasteiger partial charge < -0.3 is 0 Å². The molecule has 0 bridgehead atoms. The largest absolute Gasteiger partial charge is 0.417 e. The van der Waals surface area contributed by atoms with Gasteiger partial charge in [0.15, 0.2) is 0 Å². The molecule has 1 aromatic carbocycles. The maximum atomic E-state index is 13.3. The Hall–Kier alpha value is -3.63. The number of nitrogens with zero attached hydrogens (tertiary/aromatic N) is 3. The number of hydrogen-bond acceptors (Lipinski definition) is 4. The molecule has 36 heavy (non-hydrogen) atoms. The van der Waals surface area contributed by atoms with Crippen LogP contribution in [0.3, 0.4) is 0 Å². The summed E-state index contributed by atoms with van der Waals surface area (Å²) in [4.78, 5) is 3.51. The third-order valence-electron chi connectivity index (χ3n) is 6.10. The summed E-state index contributed by atoms with van der Waals surface area (Å²) in [5.74, 6) is 0. The minimum absolute atomic E-state index is 0.0530. The molecule has 2 aliphatic carbocycles. The van der Waals surface area contributed by atoms with E-state index in [0.717, 1.165) is 18.2 Å². The van der Waals surface area contributed by atoms with Crippen molar-refractivity contribution in [2.24, 2.45) is 0 Å². The summed E-state index contributed by atoms with van der Waals surface area (Å²) >= 11 is 0. The molecule has 0 unspecified atom stereocenters. The monoisotopic (exact) mass is 524 g/mol. The Morgan fingerprint density at radius 1 is 1.08 bits per heavy atom. The minimum atomic E-state index is -4.74. The molecule has 186 valence electrons. The van der Waals surface area contributed by atoms with E-state index >= 15 is 0 Å². The number of sulfonamides is 1. The van der Waals surface area contributed by atoms with Gasteiger partial charge in [-0.25, -0.2) is 13.4 Å². The fraction of sp³-hybridized carbons (Fsp3) is 0.217. The summed E-state index contributed by atoms with van der Waals surface area (Å²) in [7, 11) is -4.52. The number of pyridine rings is 1. The lowest BCUT2D eigenvalue weighted by molar-refractivity contribution is -0.160. The predicted molar refractivity (Wildman–Crippen MR) is 117 cm³/mol. The zero-order valence-corrected chi connectivity index (χ0v) is 18.8. The van der Waals surface area contributed by atoms with Crippen LogP contribution in [-0.2, 0) is 16.2 Å². The van der Waals surface area contributed by atoms with Crippen LogP contribution in [0.1, 0.15) is 24.0 Å². The van der Waals surface area contributed by atoms with Gasteiger partial charge in [0, 0.05) is 22.8 Å². The number of alkyl halides is 6. The third-order valence-corrected chi connectivity index (χ3v) is 7.65. The second-order valence-corrected chi connectivity index (χ2v) is 10.1. The Morgan fingerprint density at radius 2 is 1.72 bits per heavy atom. The highest BCUT2D eigenvalue weighted by molar-refractivity contribution is 7.89. The van der Waals surface area contributed by atoms with Crippen molar-refractivity contribution in [3.05, 3.63) is 65.9 Å². The standard InChI is InChI=1S/C23H14F6N4O2S/c24-22(25,26)14-10-17-18(11-30)19(33(15-2-1-3-15)20(17)31-12-14)13-4-6-16(7-5-13)36(34,35)32-21(8-9-21)23(27,28)29/h1-7,10,12,32H,8-9H2. The lowest BCUT2D eigenvalue weighted by atomic mass is 10.1. The maximum absolute atomic E-state index is 13.3. The summed E-state index contributed by atoms with van der Waals surface area (Å²) in [5.41, 5.74) is -2.61. The van der Waals surface area contributed by atoms with Crippen LogP contribution in [0.15, 0.2) is 59.7 Å². The molecule has 1 fully saturated rings. The highest BCUT2D eigenvalue weighted by atomic mass is 32.2. The van der Waals surface area contributed by atoms with Crippen LogP contribution in [0.2, 0.25) is 0 Å². The molecule has 2 aromatic heterocycles. The number of rotatable bonds is 5. The van der Waals surface area contributed by atoms with Crippen molar-refractivity contribution in [1.29, 1.82) is 5.26 Å². The average molecular weight is 524 g/mol. The average Bonchev–Trinajstić information content (AvgIpc) is 3.47. The molecule has 0 spiro atoms. The van der Waals surface area contributed by atoms with Gasteiger partial charge in [-0.1, -0.05) is 18.2 Å². The molecule has 0 atom stereocenters. The maximum Gasteiger partial charge on any atom is 0.417 e. The molecule has 0 saturated heterocycles. The number of halogens is 6. The fourth-order valence-corrected chi connectivity index (χ4v) is 5.41. The molecule has 3 aromatic rings. The molecule has 13 heteroatoms. The van der Waals surface area contributed by atoms with Crippen molar-refractivity contribution >= 4 is 26.8 Å². The van der Waals surface area contributed by atoms with Gasteiger partial charge in [0.2, 0.25) is 10.0 Å². The van der Waals surface area contributed by atoms with Gasteiger partial charge in [-0.15, -0.1) is 0 Å². The number of benzene rings is 1. The summed E-state index contributed by atoms with van der Waals surface area (Å²) in [6.07, 6.45) is -4.53. The summed E-state index contributed by atoms with van der Waals surface area (Å²) in [6.45, 7) is 0. The van der Waals surface area contributed by atoms with Crippen LogP contribution >= 0.6 is 0 Å². The zero-order chi connectivity index (χ0) is 26.1. The Labute approximate surface area is 200 Å². The van der Waals surface area contributed by atoms with Gasteiger partial charge in [-0.3, -0.25) is 4.57 Å². The van der Waals surface area contributed by atoms with E-state index in [9.17, 15) is 40.0 Å². The van der Waals surface area contributed by atoms with Gasteiger partial charge in [0.25, 0.3) is 0 Å². The van der Waals surface area contributed by atoms with Crippen molar-refractivity contribution in [1.82, 2.24) is 14.3 Å². The van der Waals surface area contributed by atoms with Crippen LogP contribution in [0, 0.1) is 11.3 Å². The van der Waals surface area contributed by atoms with E-state index in [0.29, 0.717) is 11.9 Å². The molecule has 0 aliphatic heterocycles. The molecule has 1 saturated carbocycles. The highest BCUT2D eigenvalue weighted by Gasteiger charge is 2.65. The van der Waals surface area contributed by atoms with Crippen LogP contribution in [0.4, 0.5) is 26.3 Å². The number of nitrogens with one attached hydrogen (secondary N) is 1. The Balaban J connectivity index is 1.61. The van der Waals surface area contributed by atoms with Gasteiger partial charge in [0.05, 0.1) is 21.7 Å². The van der Waals surface area contributed by atoms with E-state index in [1.807, 2.05) is 6.07 Å². The molecule has 1 N–H and O–H groups in total. The third kappa shape index (κ3) is 3.77. The van der Waals surface area contributed by atoms with Crippen LogP contribution in [-0.4, -0.2) is 29.7 Å². The molecular weight excluding hydrogens is 510 g/mol. The number of fused-ring (bicyclic) bond motifs is 1. The normalized spacial score (nSPS) is 17.0. The quantitative estimate of drug-likeness (QED) is 0.454. The molecule has 0 amide bonds. The first kappa shape index (κ1) is 24.1. The van der Waals surface area contributed by atoms with Crippen molar-refractivity contribution < 1.29 is 34.8 Å². The second-order valence-electron chi connectivity index (χ2n) is 8.42. The number of hydrogen-bond donors (Lipinski definition) is 1. The topological polar surface area (TPSA) is 87.8 Å². The molecule has 2 aliphatic rings. The summed E-state index contributed by atoms with van der Waals surface area (Å²) in [6, 6.07) is 7.43. The number of allylic oxidation sites excluding steroid dienone is 4. The lowest BCUT2D eigenvalue weighted by Gasteiger charge is -2.20. The Kier molecular flexibility index (Phi) is 5.14. The number of aromatic nitrogens is 2. The van der Waals surface area contributed by atoms with Crippen molar-refractivity contribution in [2.45, 2.75) is 35.6 Å². The first-order valence-electron chi connectivity index (χ1n) is 10.4. The first-order chi connectivity index (χ1) is 16.8. The Morgan fingerprint density at radius 3 is 2.19 bits per heavy atom. The van der Waals surface area contributed by atoms with Crippen LogP contribution < -0.4 is 4.72 Å². The molecular formula is C23H14F6N4O2S. The fourth-order valence-electron chi connectivity index (χ4n) is 3.97.